The highest BCUT2D eigenvalue weighted by molar-refractivity contribution is 6.19. The summed E-state index contributed by atoms with van der Waals surface area (Å²) < 4.78 is 6.47. The van der Waals surface area contributed by atoms with Gasteiger partial charge >= 0.3 is 0 Å². The number of aromatic nitrogens is 6. The predicted octanol–water partition coefficient (Wildman–Crippen LogP) is 11.5. The Morgan fingerprint density at radius 1 is 0.426 bits per heavy atom. The highest BCUT2D eigenvalue weighted by atomic mass is 16.3. The van der Waals surface area contributed by atoms with Crippen molar-refractivity contribution in [3.63, 3.8) is 0 Å². The van der Waals surface area contributed by atoms with Crippen LogP contribution in [0, 0.1) is 0 Å². The largest absolute Gasteiger partial charge is 0.455 e. The fourth-order valence-corrected chi connectivity index (χ4v) is 7.48. The molecule has 0 saturated carbocycles. The van der Waals surface area contributed by atoms with Crippen LogP contribution in [0.3, 0.4) is 0 Å². The van der Waals surface area contributed by atoms with Gasteiger partial charge in [-0.3, -0.25) is 0 Å². The van der Waals surface area contributed by atoms with Gasteiger partial charge in [0.15, 0.2) is 17.5 Å². The first-order valence-corrected chi connectivity index (χ1v) is 17.8. The standard InChI is InChI=1S/C47H28N6O/c1-3-11-29(12-4-1)32-13-9-14-33(27-32)45-48-46(50-47(49-45)38-19-10-18-37-36-17-7-8-20-41(36)54-44(37)38)34-24-22-30-21-23-31-25-26-40-43(42(31)39(30)28-34)52-53(51-40)35-15-5-2-6-16-35/h1-28H. The number of hydrogen-bond acceptors (Lipinski definition) is 6. The van der Waals surface area contributed by atoms with Crippen molar-refractivity contribution in [3.05, 3.63) is 170 Å². The number of fused-ring (bicyclic) bond motifs is 8. The van der Waals surface area contributed by atoms with Crippen molar-refractivity contribution in [1.82, 2.24) is 29.9 Å². The summed E-state index contributed by atoms with van der Waals surface area (Å²) in [5.74, 6) is 1.68. The smallest absolute Gasteiger partial charge is 0.167 e. The molecule has 0 aliphatic carbocycles. The molecule has 0 unspecified atom stereocenters. The molecule has 11 aromatic rings. The van der Waals surface area contributed by atoms with Gasteiger partial charge in [-0.25, -0.2) is 15.0 Å². The Bertz CT molecular complexity index is 3220. The summed E-state index contributed by atoms with van der Waals surface area (Å²) >= 11 is 0. The van der Waals surface area contributed by atoms with Gasteiger partial charge < -0.3 is 4.42 Å². The second kappa shape index (κ2) is 12.0. The van der Waals surface area contributed by atoms with Gasteiger partial charge in [0.05, 0.1) is 11.3 Å². The lowest BCUT2D eigenvalue weighted by atomic mass is 9.98. The van der Waals surface area contributed by atoms with E-state index in [0.29, 0.717) is 17.5 Å². The monoisotopic (exact) mass is 692 g/mol. The van der Waals surface area contributed by atoms with Crippen molar-refractivity contribution in [2.45, 2.75) is 0 Å². The van der Waals surface area contributed by atoms with Crippen LogP contribution in [0.5, 0.6) is 0 Å². The fourth-order valence-electron chi connectivity index (χ4n) is 7.48. The molecule has 0 aliphatic rings. The van der Waals surface area contributed by atoms with Gasteiger partial charge in [-0.05, 0) is 69.8 Å². The molecule has 0 fully saturated rings. The second-order valence-corrected chi connectivity index (χ2v) is 13.4. The van der Waals surface area contributed by atoms with Crippen LogP contribution in [0.25, 0.3) is 105 Å². The first-order chi connectivity index (χ1) is 26.7. The van der Waals surface area contributed by atoms with Gasteiger partial charge in [0.1, 0.15) is 22.2 Å². The number of benzene rings is 8. The molecule has 0 atom stereocenters. The number of nitrogens with zero attached hydrogens (tertiary/aromatic N) is 6. The van der Waals surface area contributed by atoms with E-state index in [1.165, 1.54) is 0 Å². The lowest BCUT2D eigenvalue weighted by Gasteiger charge is -2.11. The zero-order valence-electron chi connectivity index (χ0n) is 28.8. The second-order valence-electron chi connectivity index (χ2n) is 13.4. The molecule has 3 aromatic heterocycles. The normalized spacial score (nSPS) is 11.7. The molecule has 3 heterocycles. The number of rotatable bonds is 5. The maximum atomic E-state index is 6.47. The van der Waals surface area contributed by atoms with E-state index in [-0.39, 0.29) is 0 Å². The van der Waals surface area contributed by atoms with Crippen LogP contribution in [-0.2, 0) is 0 Å². The third kappa shape index (κ3) is 4.94. The van der Waals surface area contributed by atoms with Crippen molar-refractivity contribution in [2.24, 2.45) is 0 Å². The van der Waals surface area contributed by atoms with Gasteiger partial charge in [-0.1, -0.05) is 127 Å². The molecule has 0 aliphatic heterocycles. The van der Waals surface area contributed by atoms with Gasteiger partial charge in [0.2, 0.25) is 0 Å². The third-order valence-electron chi connectivity index (χ3n) is 10.1. The zero-order chi connectivity index (χ0) is 35.6. The van der Waals surface area contributed by atoms with E-state index in [4.69, 9.17) is 29.6 Å². The minimum absolute atomic E-state index is 0.538. The number of para-hydroxylation sites is 3. The Labute approximate surface area is 308 Å². The van der Waals surface area contributed by atoms with Crippen LogP contribution in [0.1, 0.15) is 0 Å². The van der Waals surface area contributed by atoms with E-state index in [1.54, 1.807) is 4.80 Å². The van der Waals surface area contributed by atoms with Crippen molar-refractivity contribution < 1.29 is 4.42 Å². The predicted molar refractivity (Wildman–Crippen MR) is 216 cm³/mol. The van der Waals surface area contributed by atoms with Crippen LogP contribution >= 0.6 is 0 Å². The summed E-state index contributed by atoms with van der Waals surface area (Å²) in [7, 11) is 0. The van der Waals surface area contributed by atoms with Crippen LogP contribution in [0.4, 0.5) is 0 Å². The summed E-state index contributed by atoms with van der Waals surface area (Å²) in [6.07, 6.45) is 0. The molecule has 0 bridgehead atoms. The van der Waals surface area contributed by atoms with Crippen LogP contribution < -0.4 is 0 Å². The molecule has 252 valence electrons. The Balaban J connectivity index is 1.14. The van der Waals surface area contributed by atoms with Gasteiger partial charge in [-0.15, -0.1) is 10.2 Å². The lowest BCUT2D eigenvalue weighted by Crippen LogP contribution is -2.00. The van der Waals surface area contributed by atoms with E-state index in [2.05, 4.69) is 97.1 Å². The molecule has 0 N–H and O–H groups in total. The Kier molecular flexibility index (Phi) is 6.72. The Morgan fingerprint density at radius 2 is 1.07 bits per heavy atom. The molecule has 0 radical (unpaired) electrons. The summed E-state index contributed by atoms with van der Waals surface area (Å²) in [5, 5.41) is 16.2. The van der Waals surface area contributed by atoms with E-state index in [9.17, 15) is 0 Å². The molecular formula is C47H28N6O. The van der Waals surface area contributed by atoms with Crippen LogP contribution in [-0.4, -0.2) is 29.9 Å². The zero-order valence-corrected chi connectivity index (χ0v) is 28.8. The van der Waals surface area contributed by atoms with Gasteiger partial charge in [-0.2, -0.15) is 4.80 Å². The summed E-state index contributed by atoms with van der Waals surface area (Å²) in [6, 6.07) is 57.8. The summed E-state index contributed by atoms with van der Waals surface area (Å²) in [5.41, 5.74) is 8.90. The fraction of sp³-hybridized carbons (Fsp3) is 0. The number of furan rings is 1. The summed E-state index contributed by atoms with van der Waals surface area (Å²) in [4.78, 5) is 17.2. The van der Waals surface area contributed by atoms with Crippen molar-refractivity contribution in [1.29, 1.82) is 0 Å². The minimum Gasteiger partial charge on any atom is -0.455 e. The molecule has 0 amide bonds. The molecule has 8 aromatic carbocycles. The molecule has 0 spiro atoms. The van der Waals surface area contributed by atoms with Crippen LogP contribution in [0.2, 0.25) is 0 Å². The Morgan fingerprint density at radius 3 is 1.94 bits per heavy atom. The SMILES string of the molecule is c1ccc(-c2cccc(-c3nc(-c4ccc5ccc6ccc7nn(-c8ccccc8)nc7c6c5c4)nc(-c4cccc5c4oc4ccccc45)n3)c2)cc1. The third-order valence-corrected chi connectivity index (χ3v) is 10.1. The van der Waals surface area contributed by atoms with Crippen molar-refractivity contribution >= 4 is 54.5 Å². The minimum atomic E-state index is 0.538. The molecule has 7 heteroatoms. The lowest BCUT2D eigenvalue weighted by molar-refractivity contribution is 0.669. The first-order valence-electron chi connectivity index (χ1n) is 17.8. The van der Waals surface area contributed by atoms with E-state index >= 15 is 0 Å². The van der Waals surface area contributed by atoms with Gasteiger partial charge in [0.25, 0.3) is 0 Å². The first kappa shape index (κ1) is 30.1. The van der Waals surface area contributed by atoms with Gasteiger partial charge in [0, 0.05) is 27.3 Å². The molecule has 0 saturated heterocycles. The highest BCUT2D eigenvalue weighted by Crippen LogP contribution is 2.37. The van der Waals surface area contributed by atoms with E-state index < -0.39 is 0 Å². The maximum Gasteiger partial charge on any atom is 0.167 e. The maximum absolute atomic E-state index is 6.47. The molecule has 54 heavy (non-hydrogen) atoms. The number of hydrogen-bond donors (Lipinski definition) is 0. The van der Waals surface area contributed by atoms with Crippen molar-refractivity contribution in [3.8, 4) is 51.0 Å². The average Bonchev–Trinajstić information content (AvgIpc) is 3.86. The summed E-state index contributed by atoms with van der Waals surface area (Å²) in [6.45, 7) is 0. The molecule has 7 nitrogen and oxygen atoms in total. The quantitative estimate of drug-likeness (QED) is 0.167. The van der Waals surface area contributed by atoms with Crippen LogP contribution in [0.15, 0.2) is 174 Å². The van der Waals surface area contributed by atoms with E-state index in [0.717, 1.165) is 88.0 Å². The molecule has 11 rings (SSSR count). The van der Waals surface area contributed by atoms with E-state index in [1.807, 2.05) is 72.8 Å². The topological polar surface area (TPSA) is 82.5 Å². The highest BCUT2D eigenvalue weighted by Gasteiger charge is 2.19. The average molecular weight is 693 g/mol. The Hall–Kier alpha value is -7.51. The van der Waals surface area contributed by atoms with Crippen molar-refractivity contribution in [2.75, 3.05) is 0 Å². The molecular weight excluding hydrogens is 665 g/mol.